The first-order valence-corrected chi connectivity index (χ1v) is 11.0. The molecule has 2 atom stereocenters. The van der Waals surface area contributed by atoms with Crippen LogP contribution >= 0.6 is 0 Å². The van der Waals surface area contributed by atoms with Gasteiger partial charge in [-0.15, -0.1) is 0 Å². The molecule has 2 amide bonds. The van der Waals surface area contributed by atoms with Gasteiger partial charge >= 0.3 is 5.97 Å². The van der Waals surface area contributed by atoms with Gasteiger partial charge in [0.15, 0.2) is 0 Å². The fraction of sp³-hybridized carbons (Fsp3) is 0.400. The molecule has 2 aromatic rings. The Morgan fingerprint density at radius 1 is 1.16 bits per heavy atom. The number of piperazine rings is 1. The van der Waals surface area contributed by atoms with Gasteiger partial charge in [0, 0.05) is 25.1 Å². The first kappa shape index (κ1) is 23.3. The standard InChI is InChI=1S/C25H30N2O5/c1-3-18(2)32-21-11-7-10-20(16-21)25(30)27-14-13-26-24(29)22(27)17-23(28)31-15-12-19-8-5-4-6-9-19/h4-11,16,18,22H,3,12-15,17H2,1-2H3,(H,26,29). The van der Waals surface area contributed by atoms with E-state index in [4.69, 9.17) is 9.47 Å². The summed E-state index contributed by atoms with van der Waals surface area (Å²) in [4.78, 5) is 39.5. The molecule has 170 valence electrons. The van der Waals surface area contributed by atoms with Gasteiger partial charge < -0.3 is 19.7 Å². The molecule has 7 heteroatoms. The van der Waals surface area contributed by atoms with Gasteiger partial charge in [-0.25, -0.2) is 0 Å². The van der Waals surface area contributed by atoms with Crippen LogP contribution in [0.3, 0.4) is 0 Å². The summed E-state index contributed by atoms with van der Waals surface area (Å²) in [6, 6.07) is 15.7. The molecule has 0 saturated carbocycles. The van der Waals surface area contributed by atoms with Crippen molar-refractivity contribution >= 4 is 17.8 Å². The lowest BCUT2D eigenvalue weighted by molar-refractivity contribution is -0.147. The van der Waals surface area contributed by atoms with E-state index >= 15 is 0 Å². The molecule has 1 N–H and O–H groups in total. The van der Waals surface area contributed by atoms with E-state index in [2.05, 4.69) is 5.32 Å². The number of hydrogen-bond donors (Lipinski definition) is 1. The van der Waals surface area contributed by atoms with Crippen molar-refractivity contribution in [3.63, 3.8) is 0 Å². The van der Waals surface area contributed by atoms with Crippen molar-refractivity contribution in [3.8, 4) is 5.75 Å². The third-order valence-electron chi connectivity index (χ3n) is 5.44. The maximum Gasteiger partial charge on any atom is 0.308 e. The van der Waals surface area contributed by atoms with E-state index in [-0.39, 0.29) is 30.9 Å². The summed E-state index contributed by atoms with van der Waals surface area (Å²) in [6.07, 6.45) is 1.28. The first-order chi connectivity index (χ1) is 15.5. The molecule has 1 saturated heterocycles. The summed E-state index contributed by atoms with van der Waals surface area (Å²) in [5.74, 6) is -0.564. The van der Waals surface area contributed by atoms with Crippen LogP contribution in [0.4, 0.5) is 0 Å². The molecule has 0 aromatic heterocycles. The molecule has 0 bridgehead atoms. The Labute approximate surface area is 188 Å². The molecule has 3 rings (SSSR count). The summed E-state index contributed by atoms with van der Waals surface area (Å²) >= 11 is 0. The normalized spacial score (nSPS) is 16.8. The average Bonchev–Trinajstić information content (AvgIpc) is 2.80. The molecule has 0 spiro atoms. The number of rotatable bonds is 9. The Morgan fingerprint density at radius 2 is 1.94 bits per heavy atom. The number of esters is 1. The van der Waals surface area contributed by atoms with Gasteiger partial charge in [0.05, 0.1) is 19.1 Å². The molecule has 7 nitrogen and oxygen atoms in total. The average molecular weight is 439 g/mol. The molecule has 1 heterocycles. The number of amides is 2. The van der Waals surface area contributed by atoms with Crippen LogP contribution in [0.1, 0.15) is 42.6 Å². The molecule has 0 aliphatic carbocycles. The van der Waals surface area contributed by atoms with Gasteiger partial charge in [-0.1, -0.05) is 43.3 Å². The zero-order chi connectivity index (χ0) is 22.9. The van der Waals surface area contributed by atoms with Crippen LogP contribution in [0, 0.1) is 0 Å². The van der Waals surface area contributed by atoms with E-state index in [0.717, 1.165) is 12.0 Å². The van der Waals surface area contributed by atoms with Gasteiger partial charge in [0.2, 0.25) is 5.91 Å². The van der Waals surface area contributed by atoms with E-state index in [1.54, 1.807) is 24.3 Å². The van der Waals surface area contributed by atoms with Crippen molar-refractivity contribution < 1.29 is 23.9 Å². The Morgan fingerprint density at radius 3 is 2.69 bits per heavy atom. The largest absolute Gasteiger partial charge is 0.491 e. The third kappa shape index (κ3) is 6.33. The van der Waals surface area contributed by atoms with Crippen molar-refractivity contribution in [2.75, 3.05) is 19.7 Å². The number of carbonyl (C=O) groups is 3. The summed E-state index contributed by atoms with van der Waals surface area (Å²) < 4.78 is 11.1. The molecule has 1 aliphatic rings. The van der Waals surface area contributed by atoms with Crippen LogP contribution in [0.2, 0.25) is 0 Å². The second-order valence-corrected chi connectivity index (χ2v) is 7.83. The van der Waals surface area contributed by atoms with Crippen molar-refractivity contribution in [3.05, 3.63) is 65.7 Å². The van der Waals surface area contributed by atoms with Gasteiger partial charge in [0.25, 0.3) is 5.91 Å². The number of nitrogens with one attached hydrogen (secondary N) is 1. The van der Waals surface area contributed by atoms with Crippen LogP contribution in [0.5, 0.6) is 5.75 Å². The molecule has 32 heavy (non-hydrogen) atoms. The van der Waals surface area contributed by atoms with Gasteiger partial charge in [-0.2, -0.15) is 0 Å². The zero-order valence-electron chi connectivity index (χ0n) is 18.6. The maximum atomic E-state index is 13.2. The van der Waals surface area contributed by atoms with Crippen molar-refractivity contribution in [1.29, 1.82) is 0 Å². The monoisotopic (exact) mass is 438 g/mol. The van der Waals surface area contributed by atoms with Crippen molar-refractivity contribution in [2.24, 2.45) is 0 Å². The highest BCUT2D eigenvalue weighted by molar-refractivity contribution is 5.99. The molecule has 0 radical (unpaired) electrons. The summed E-state index contributed by atoms with van der Waals surface area (Å²) in [7, 11) is 0. The van der Waals surface area contributed by atoms with Crippen LogP contribution in [-0.2, 0) is 20.7 Å². The Kier molecular flexibility index (Phi) is 8.25. The lowest BCUT2D eigenvalue weighted by Gasteiger charge is -2.34. The Balaban J connectivity index is 1.63. The van der Waals surface area contributed by atoms with Gasteiger partial charge in [-0.05, 0) is 37.1 Å². The quantitative estimate of drug-likeness (QED) is 0.609. The zero-order valence-corrected chi connectivity index (χ0v) is 18.6. The molecule has 1 fully saturated rings. The number of carbonyl (C=O) groups excluding carboxylic acids is 3. The first-order valence-electron chi connectivity index (χ1n) is 11.0. The maximum absolute atomic E-state index is 13.2. The molecular weight excluding hydrogens is 408 g/mol. The van der Waals surface area contributed by atoms with Gasteiger partial charge in [0.1, 0.15) is 11.8 Å². The topological polar surface area (TPSA) is 84.9 Å². The van der Waals surface area contributed by atoms with E-state index in [1.807, 2.05) is 44.2 Å². The highest BCUT2D eigenvalue weighted by atomic mass is 16.5. The second-order valence-electron chi connectivity index (χ2n) is 7.83. The third-order valence-corrected chi connectivity index (χ3v) is 5.44. The lowest BCUT2D eigenvalue weighted by atomic mass is 10.1. The van der Waals surface area contributed by atoms with Crippen molar-refractivity contribution in [2.45, 2.75) is 45.3 Å². The minimum atomic E-state index is -0.903. The fourth-order valence-corrected chi connectivity index (χ4v) is 3.49. The summed E-state index contributed by atoms with van der Waals surface area (Å²) in [6.45, 7) is 4.87. The molecule has 2 unspecified atom stereocenters. The highest BCUT2D eigenvalue weighted by Gasteiger charge is 2.35. The number of hydrogen-bond acceptors (Lipinski definition) is 5. The molecule has 2 aromatic carbocycles. The van der Waals surface area contributed by atoms with Crippen LogP contribution < -0.4 is 10.1 Å². The molecule has 1 aliphatic heterocycles. The summed E-state index contributed by atoms with van der Waals surface area (Å²) in [5, 5.41) is 2.74. The minimum Gasteiger partial charge on any atom is -0.491 e. The van der Waals surface area contributed by atoms with E-state index in [1.165, 1.54) is 4.90 Å². The Hall–Kier alpha value is -3.35. The van der Waals surface area contributed by atoms with Crippen LogP contribution in [0.15, 0.2) is 54.6 Å². The van der Waals surface area contributed by atoms with Crippen molar-refractivity contribution in [1.82, 2.24) is 10.2 Å². The Bertz CT molecular complexity index is 931. The number of ether oxygens (including phenoxy) is 2. The molecular formula is C25H30N2O5. The van der Waals surface area contributed by atoms with E-state index in [0.29, 0.717) is 30.8 Å². The number of benzene rings is 2. The SMILES string of the molecule is CCC(C)Oc1cccc(C(=O)N2CCNC(=O)C2CC(=O)OCCc2ccccc2)c1. The summed E-state index contributed by atoms with van der Waals surface area (Å²) in [5.41, 5.74) is 1.48. The van der Waals surface area contributed by atoms with Gasteiger partial charge in [-0.3, -0.25) is 14.4 Å². The fourth-order valence-electron chi connectivity index (χ4n) is 3.49. The van der Waals surface area contributed by atoms with Crippen LogP contribution in [-0.4, -0.2) is 54.5 Å². The predicted molar refractivity (Wildman–Crippen MR) is 120 cm³/mol. The second kappa shape index (κ2) is 11.3. The highest BCUT2D eigenvalue weighted by Crippen LogP contribution is 2.20. The predicted octanol–water partition coefficient (Wildman–Crippen LogP) is 2.98. The minimum absolute atomic E-state index is 0.0273. The lowest BCUT2D eigenvalue weighted by Crippen LogP contribution is -2.57. The van der Waals surface area contributed by atoms with Crippen LogP contribution in [0.25, 0.3) is 0 Å². The smallest absolute Gasteiger partial charge is 0.308 e. The number of nitrogens with zero attached hydrogens (tertiary/aromatic N) is 1. The van der Waals surface area contributed by atoms with E-state index in [9.17, 15) is 14.4 Å². The van der Waals surface area contributed by atoms with E-state index < -0.39 is 12.0 Å².